The van der Waals surface area contributed by atoms with Crippen LogP contribution in [0, 0.1) is 0 Å². The SMILES string of the molecule is CCN(CC)S(=O)(=O)c1ccc(C(=O)N(CCCN2CCOCC2)c2nc3cc(OC)ccc3s2)cc1. The van der Waals surface area contributed by atoms with Crippen LogP contribution in [0.25, 0.3) is 10.2 Å². The highest BCUT2D eigenvalue weighted by Gasteiger charge is 2.25. The van der Waals surface area contributed by atoms with Gasteiger partial charge in [0.1, 0.15) is 5.75 Å². The Labute approximate surface area is 222 Å². The number of rotatable bonds is 11. The average molecular weight is 547 g/mol. The number of hydrogen-bond acceptors (Lipinski definition) is 8. The van der Waals surface area contributed by atoms with Crippen LogP contribution < -0.4 is 9.64 Å². The number of fused-ring (bicyclic) bond motifs is 1. The summed E-state index contributed by atoms with van der Waals surface area (Å²) < 4.78 is 38.9. The van der Waals surface area contributed by atoms with Gasteiger partial charge in [0, 0.05) is 50.9 Å². The predicted molar refractivity (Wildman–Crippen MR) is 146 cm³/mol. The predicted octanol–water partition coefficient (Wildman–Crippen LogP) is 3.70. The summed E-state index contributed by atoms with van der Waals surface area (Å²) in [5.74, 6) is 0.499. The molecule has 1 aromatic heterocycles. The normalized spacial score (nSPS) is 14.8. The molecular formula is C26H34N4O5S2. The maximum Gasteiger partial charge on any atom is 0.260 e. The van der Waals surface area contributed by atoms with Gasteiger partial charge in [0.05, 0.1) is 35.4 Å². The molecule has 9 nitrogen and oxygen atoms in total. The van der Waals surface area contributed by atoms with E-state index in [1.165, 1.54) is 27.8 Å². The number of thiazole rings is 1. The standard InChI is InChI=1S/C26H34N4O5S2/c1-4-29(5-2)37(32,33)22-10-7-20(8-11-22)25(31)30(14-6-13-28-15-17-35-18-16-28)26-27-23-19-21(34-3)9-12-24(23)36-26/h7-12,19H,4-6,13-18H2,1-3H3. The largest absolute Gasteiger partial charge is 0.497 e. The van der Waals surface area contributed by atoms with Crippen LogP contribution in [0.1, 0.15) is 30.6 Å². The molecule has 0 radical (unpaired) electrons. The van der Waals surface area contributed by atoms with E-state index in [0.29, 0.717) is 36.1 Å². The highest BCUT2D eigenvalue weighted by molar-refractivity contribution is 7.89. The molecule has 0 N–H and O–H groups in total. The minimum atomic E-state index is -3.60. The third-order valence-corrected chi connectivity index (χ3v) is 9.59. The molecule has 1 fully saturated rings. The van der Waals surface area contributed by atoms with Crippen LogP contribution in [0.5, 0.6) is 5.75 Å². The van der Waals surface area contributed by atoms with Crippen LogP contribution in [-0.2, 0) is 14.8 Å². The Kier molecular flexibility index (Phi) is 9.14. The van der Waals surface area contributed by atoms with Crippen molar-refractivity contribution >= 4 is 42.6 Å². The number of amides is 1. The molecule has 3 aromatic rings. The number of morpholine rings is 1. The number of aromatic nitrogens is 1. The zero-order valence-corrected chi connectivity index (χ0v) is 23.2. The zero-order chi connectivity index (χ0) is 26.4. The van der Waals surface area contributed by atoms with Gasteiger partial charge in [-0.25, -0.2) is 13.4 Å². The first kappa shape index (κ1) is 27.5. The summed E-state index contributed by atoms with van der Waals surface area (Å²) >= 11 is 1.45. The van der Waals surface area contributed by atoms with Crippen LogP contribution >= 0.6 is 11.3 Å². The molecule has 0 saturated carbocycles. The van der Waals surface area contributed by atoms with Gasteiger partial charge in [-0.15, -0.1) is 0 Å². The zero-order valence-electron chi connectivity index (χ0n) is 21.6. The number of methoxy groups -OCH3 is 1. The number of carbonyl (C=O) groups is 1. The van der Waals surface area contributed by atoms with E-state index < -0.39 is 10.0 Å². The Morgan fingerprint density at radius 3 is 2.46 bits per heavy atom. The first-order valence-corrected chi connectivity index (χ1v) is 14.8. The summed E-state index contributed by atoms with van der Waals surface area (Å²) in [6, 6.07) is 11.9. The summed E-state index contributed by atoms with van der Waals surface area (Å²) in [4.78, 5) is 22.7. The lowest BCUT2D eigenvalue weighted by molar-refractivity contribution is 0.0376. The molecule has 0 unspecified atom stereocenters. The van der Waals surface area contributed by atoms with Crippen molar-refractivity contribution in [3.05, 3.63) is 48.0 Å². The Morgan fingerprint density at radius 1 is 1.11 bits per heavy atom. The van der Waals surface area contributed by atoms with Gasteiger partial charge in [-0.05, 0) is 42.8 Å². The van der Waals surface area contributed by atoms with E-state index in [0.717, 1.165) is 49.5 Å². The Balaban J connectivity index is 1.59. The molecule has 37 heavy (non-hydrogen) atoms. The van der Waals surface area contributed by atoms with Gasteiger partial charge in [0.2, 0.25) is 10.0 Å². The molecule has 2 heterocycles. The minimum Gasteiger partial charge on any atom is -0.497 e. The number of hydrogen-bond donors (Lipinski definition) is 0. The summed E-state index contributed by atoms with van der Waals surface area (Å²) in [5.41, 5.74) is 1.19. The highest BCUT2D eigenvalue weighted by atomic mass is 32.2. The monoisotopic (exact) mass is 546 g/mol. The summed E-state index contributed by atoms with van der Waals surface area (Å²) in [6.07, 6.45) is 0.777. The van der Waals surface area contributed by atoms with Gasteiger partial charge in [0.15, 0.2) is 5.13 Å². The molecule has 11 heteroatoms. The van der Waals surface area contributed by atoms with Gasteiger partial charge in [-0.3, -0.25) is 14.6 Å². The second-order valence-corrected chi connectivity index (χ2v) is 11.7. The van der Waals surface area contributed by atoms with Crippen molar-refractivity contribution in [2.45, 2.75) is 25.2 Å². The van der Waals surface area contributed by atoms with Crippen LogP contribution in [0.15, 0.2) is 47.4 Å². The van der Waals surface area contributed by atoms with Crippen molar-refractivity contribution in [3.63, 3.8) is 0 Å². The number of carbonyl (C=O) groups excluding carboxylic acids is 1. The third kappa shape index (κ3) is 6.29. The molecule has 1 aliphatic rings. The Morgan fingerprint density at radius 2 is 1.81 bits per heavy atom. The number of anilines is 1. The lowest BCUT2D eigenvalue weighted by Gasteiger charge is -2.27. The van der Waals surface area contributed by atoms with Gasteiger partial charge >= 0.3 is 0 Å². The van der Waals surface area contributed by atoms with Crippen LogP contribution in [0.2, 0.25) is 0 Å². The molecule has 200 valence electrons. The van der Waals surface area contributed by atoms with E-state index in [1.54, 1.807) is 38.0 Å². The number of sulfonamides is 1. The van der Waals surface area contributed by atoms with Gasteiger partial charge in [0.25, 0.3) is 5.91 Å². The summed E-state index contributed by atoms with van der Waals surface area (Å²) in [7, 11) is -1.99. The van der Waals surface area contributed by atoms with E-state index in [4.69, 9.17) is 14.5 Å². The smallest absolute Gasteiger partial charge is 0.260 e. The molecule has 0 bridgehead atoms. The second kappa shape index (κ2) is 12.3. The first-order valence-electron chi connectivity index (χ1n) is 12.5. The second-order valence-electron chi connectivity index (χ2n) is 8.71. The van der Waals surface area contributed by atoms with Crippen molar-refractivity contribution in [2.24, 2.45) is 0 Å². The van der Waals surface area contributed by atoms with Crippen LogP contribution in [0.3, 0.4) is 0 Å². The van der Waals surface area contributed by atoms with Gasteiger partial charge in [-0.1, -0.05) is 25.2 Å². The summed E-state index contributed by atoms with van der Waals surface area (Å²) in [6.45, 7) is 8.96. The lowest BCUT2D eigenvalue weighted by atomic mass is 10.2. The minimum absolute atomic E-state index is 0.179. The highest BCUT2D eigenvalue weighted by Crippen LogP contribution is 2.32. The first-order chi connectivity index (χ1) is 17.9. The number of ether oxygens (including phenoxy) is 2. The molecule has 0 aliphatic carbocycles. The number of nitrogens with zero attached hydrogens (tertiary/aromatic N) is 4. The molecule has 0 spiro atoms. The molecule has 1 saturated heterocycles. The molecule has 1 aliphatic heterocycles. The van der Waals surface area contributed by atoms with Crippen molar-refractivity contribution in [3.8, 4) is 5.75 Å². The van der Waals surface area contributed by atoms with E-state index in [-0.39, 0.29) is 10.8 Å². The van der Waals surface area contributed by atoms with E-state index >= 15 is 0 Å². The fraction of sp³-hybridized carbons (Fsp3) is 0.462. The van der Waals surface area contributed by atoms with Gasteiger partial charge < -0.3 is 9.47 Å². The quantitative estimate of drug-likeness (QED) is 0.362. The maximum atomic E-state index is 13.7. The maximum absolute atomic E-state index is 13.7. The summed E-state index contributed by atoms with van der Waals surface area (Å²) in [5, 5.41) is 0.607. The Hall–Kier alpha value is -2.57. The van der Waals surface area contributed by atoms with Crippen molar-refractivity contribution in [2.75, 3.05) is 64.5 Å². The third-order valence-electron chi connectivity index (χ3n) is 6.46. The molecule has 4 rings (SSSR count). The van der Waals surface area contributed by atoms with Gasteiger partial charge in [-0.2, -0.15) is 4.31 Å². The van der Waals surface area contributed by atoms with Crippen molar-refractivity contribution in [1.82, 2.24) is 14.2 Å². The van der Waals surface area contributed by atoms with Crippen LogP contribution in [-0.4, -0.2) is 88.1 Å². The Bertz CT molecular complexity index is 1300. The number of benzene rings is 2. The molecular weight excluding hydrogens is 512 g/mol. The molecule has 0 atom stereocenters. The van der Waals surface area contributed by atoms with Crippen molar-refractivity contribution in [1.29, 1.82) is 0 Å². The fourth-order valence-electron chi connectivity index (χ4n) is 4.34. The average Bonchev–Trinajstić information content (AvgIpc) is 3.35. The van der Waals surface area contributed by atoms with Crippen molar-refractivity contribution < 1.29 is 22.7 Å². The topological polar surface area (TPSA) is 92.3 Å². The van der Waals surface area contributed by atoms with E-state index in [9.17, 15) is 13.2 Å². The fourth-order valence-corrected chi connectivity index (χ4v) is 6.76. The van der Waals surface area contributed by atoms with E-state index in [2.05, 4.69) is 4.90 Å². The molecule has 1 amide bonds. The molecule has 2 aromatic carbocycles. The van der Waals surface area contributed by atoms with Crippen LogP contribution in [0.4, 0.5) is 5.13 Å². The lowest BCUT2D eigenvalue weighted by Crippen LogP contribution is -2.39. The van der Waals surface area contributed by atoms with E-state index in [1.807, 2.05) is 18.2 Å².